The summed E-state index contributed by atoms with van der Waals surface area (Å²) in [5.74, 6) is -0.305. The number of cyclic esters (lactones) is 1. The lowest BCUT2D eigenvalue weighted by Crippen LogP contribution is -2.05. The summed E-state index contributed by atoms with van der Waals surface area (Å²) in [6, 6.07) is 15.2. The second-order valence-electron chi connectivity index (χ2n) is 6.19. The first-order chi connectivity index (χ1) is 12.5. The zero-order valence-corrected chi connectivity index (χ0v) is 14.4. The van der Waals surface area contributed by atoms with Gasteiger partial charge in [0.1, 0.15) is 0 Å². The number of benzene rings is 2. The summed E-state index contributed by atoms with van der Waals surface area (Å²) in [5, 5.41) is 0.877. The number of carbonyl (C=O) groups is 2. The van der Waals surface area contributed by atoms with E-state index in [1.807, 2.05) is 55.5 Å². The van der Waals surface area contributed by atoms with Gasteiger partial charge in [-0.3, -0.25) is 9.36 Å². The van der Waals surface area contributed by atoms with Crippen LogP contribution in [-0.2, 0) is 9.53 Å². The molecule has 0 saturated carbocycles. The molecule has 0 saturated heterocycles. The van der Waals surface area contributed by atoms with Crippen LogP contribution >= 0.6 is 0 Å². The molecule has 0 aliphatic carbocycles. The van der Waals surface area contributed by atoms with Crippen molar-refractivity contribution in [2.45, 2.75) is 13.8 Å². The van der Waals surface area contributed by atoms with E-state index in [4.69, 9.17) is 4.74 Å². The fourth-order valence-electron chi connectivity index (χ4n) is 2.96. The van der Waals surface area contributed by atoms with Crippen LogP contribution in [0, 0.1) is 6.92 Å². The predicted octanol–water partition coefficient (Wildman–Crippen LogP) is 3.95. The van der Waals surface area contributed by atoms with Gasteiger partial charge in [-0.25, -0.2) is 9.79 Å². The minimum Gasteiger partial charge on any atom is -0.402 e. The molecule has 0 atom stereocenters. The molecule has 2 heterocycles. The summed E-state index contributed by atoms with van der Waals surface area (Å²) in [6.07, 6.45) is 3.37. The molecule has 0 radical (unpaired) electrons. The summed E-state index contributed by atoms with van der Waals surface area (Å²) in [5.41, 5.74) is 3.62. The summed E-state index contributed by atoms with van der Waals surface area (Å²) < 4.78 is 6.87. The van der Waals surface area contributed by atoms with Crippen LogP contribution in [0.4, 0.5) is 0 Å². The highest BCUT2D eigenvalue weighted by Crippen LogP contribution is 2.26. The van der Waals surface area contributed by atoms with Gasteiger partial charge in [0, 0.05) is 29.6 Å². The molecule has 1 aliphatic rings. The fourth-order valence-corrected chi connectivity index (χ4v) is 2.96. The molecular formula is C21H16N2O3. The van der Waals surface area contributed by atoms with E-state index in [9.17, 15) is 9.59 Å². The highest BCUT2D eigenvalue weighted by molar-refractivity contribution is 6.13. The number of nitrogens with zero attached hydrogens (tertiary/aromatic N) is 2. The number of rotatable bonds is 2. The number of fused-ring (bicyclic) bond motifs is 1. The lowest BCUT2D eigenvalue weighted by molar-refractivity contribution is -0.129. The van der Waals surface area contributed by atoms with Crippen LogP contribution in [0.25, 0.3) is 17.0 Å². The maximum atomic E-state index is 12.2. The number of ether oxygens (including phenoxy) is 1. The van der Waals surface area contributed by atoms with Crippen molar-refractivity contribution in [3.05, 3.63) is 77.1 Å². The van der Waals surface area contributed by atoms with E-state index in [1.165, 1.54) is 6.92 Å². The molecule has 5 nitrogen and oxygen atoms in total. The molecule has 0 amide bonds. The van der Waals surface area contributed by atoms with Crippen LogP contribution in [0.1, 0.15) is 28.4 Å². The average molecular weight is 344 g/mol. The van der Waals surface area contributed by atoms with Crippen LogP contribution in [0.5, 0.6) is 0 Å². The van der Waals surface area contributed by atoms with E-state index in [0.717, 1.165) is 27.6 Å². The Hall–Kier alpha value is -3.47. The van der Waals surface area contributed by atoms with Crippen molar-refractivity contribution in [1.29, 1.82) is 0 Å². The summed E-state index contributed by atoms with van der Waals surface area (Å²) in [4.78, 5) is 28.4. The third kappa shape index (κ3) is 2.73. The number of carbonyl (C=O) groups excluding carboxylic acids is 2. The van der Waals surface area contributed by atoms with Crippen molar-refractivity contribution >= 4 is 34.8 Å². The normalized spacial score (nSPS) is 15.4. The first-order valence-corrected chi connectivity index (χ1v) is 8.23. The second-order valence-corrected chi connectivity index (χ2v) is 6.19. The monoisotopic (exact) mass is 344 g/mol. The predicted molar refractivity (Wildman–Crippen MR) is 100 cm³/mol. The molecule has 5 heteroatoms. The van der Waals surface area contributed by atoms with Gasteiger partial charge in [0.15, 0.2) is 5.70 Å². The van der Waals surface area contributed by atoms with Crippen molar-refractivity contribution in [1.82, 2.24) is 4.57 Å². The van der Waals surface area contributed by atoms with Gasteiger partial charge in [-0.2, -0.15) is 0 Å². The van der Waals surface area contributed by atoms with Crippen LogP contribution in [0.2, 0.25) is 0 Å². The van der Waals surface area contributed by atoms with Gasteiger partial charge in [0.05, 0.1) is 5.52 Å². The number of esters is 1. The van der Waals surface area contributed by atoms with Gasteiger partial charge in [-0.05, 0) is 31.2 Å². The van der Waals surface area contributed by atoms with Gasteiger partial charge in [-0.1, -0.05) is 35.9 Å². The summed E-state index contributed by atoms with van der Waals surface area (Å²) in [7, 11) is 0. The molecular weight excluding hydrogens is 328 g/mol. The molecule has 0 spiro atoms. The highest BCUT2D eigenvalue weighted by atomic mass is 16.6. The van der Waals surface area contributed by atoms with Gasteiger partial charge in [0.2, 0.25) is 11.8 Å². The number of hydrogen-bond acceptors (Lipinski definition) is 4. The lowest BCUT2D eigenvalue weighted by atomic mass is 10.1. The maximum absolute atomic E-state index is 12.2. The Morgan fingerprint density at radius 3 is 2.58 bits per heavy atom. The number of aromatic nitrogens is 1. The van der Waals surface area contributed by atoms with Crippen molar-refractivity contribution in [3.63, 3.8) is 0 Å². The zero-order valence-electron chi connectivity index (χ0n) is 14.4. The number of hydrogen-bond donors (Lipinski definition) is 0. The molecule has 1 aromatic heterocycles. The van der Waals surface area contributed by atoms with Gasteiger partial charge in [0.25, 0.3) is 0 Å². The molecule has 26 heavy (non-hydrogen) atoms. The van der Waals surface area contributed by atoms with Gasteiger partial charge in [-0.15, -0.1) is 0 Å². The Labute approximate surface area is 150 Å². The second kappa shape index (κ2) is 6.11. The Bertz CT molecular complexity index is 1100. The zero-order chi connectivity index (χ0) is 18.3. The minimum atomic E-state index is -0.500. The Morgan fingerprint density at radius 1 is 1.12 bits per heavy atom. The number of aryl methyl sites for hydroxylation is 1. The molecule has 128 valence electrons. The van der Waals surface area contributed by atoms with E-state index < -0.39 is 5.97 Å². The van der Waals surface area contributed by atoms with Crippen LogP contribution in [-0.4, -0.2) is 22.3 Å². The Balaban J connectivity index is 1.79. The van der Waals surface area contributed by atoms with Gasteiger partial charge < -0.3 is 4.74 Å². The SMILES string of the molecule is CC(=O)n1cc(/C=C2\N=C(c3ccc(C)cc3)OC2=O)c2ccccc21. The molecule has 0 bridgehead atoms. The molecule has 3 aromatic rings. The molecule has 0 unspecified atom stereocenters. The van der Waals surface area contributed by atoms with Gasteiger partial charge >= 0.3 is 5.97 Å². The molecule has 0 fully saturated rings. The third-order valence-corrected chi connectivity index (χ3v) is 4.29. The smallest absolute Gasteiger partial charge is 0.363 e. The Kier molecular flexibility index (Phi) is 3.77. The standard InChI is InChI=1S/C21H16N2O3/c1-13-7-9-15(10-8-13)20-22-18(21(25)26-20)11-16-12-23(14(2)24)19-6-4-3-5-17(16)19/h3-12H,1-2H3/b18-11-. The summed E-state index contributed by atoms with van der Waals surface area (Å²) in [6.45, 7) is 3.49. The largest absolute Gasteiger partial charge is 0.402 e. The quantitative estimate of drug-likeness (QED) is 0.522. The van der Waals surface area contributed by atoms with Crippen molar-refractivity contribution in [3.8, 4) is 0 Å². The number of aliphatic imine (C=N–C) groups is 1. The minimum absolute atomic E-state index is 0.0938. The molecule has 0 N–H and O–H groups in total. The molecule has 4 rings (SSSR count). The van der Waals surface area contributed by atoms with E-state index in [2.05, 4.69) is 4.99 Å². The van der Waals surface area contributed by atoms with E-state index in [1.54, 1.807) is 16.8 Å². The molecule has 1 aliphatic heterocycles. The van der Waals surface area contributed by atoms with E-state index >= 15 is 0 Å². The fraction of sp³-hybridized carbons (Fsp3) is 0.0952. The maximum Gasteiger partial charge on any atom is 0.363 e. The third-order valence-electron chi connectivity index (χ3n) is 4.29. The lowest BCUT2D eigenvalue weighted by Gasteiger charge is -1.99. The first-order valence-electron chi connectivity index (χ1n) is 8.23. The average Bonchev–Trinajstić information content (AvgIpc) is 3.18. The summed E-state index contributed by atoms with van der Waals surface area (Å²) >= 11 is 0. The van der Waals surface area contributed by atoms with Crippen molar-refractivity contribution < 1.29 is 14.3 Å². The van der Waals surface area contributed by atoms with Crippen LogP contribution in [0.15, 0.2) is 65.4 Å². The molecule has 2 aromatic carbocycles. The van der Waals surface area contributed by atoms with Crippen molar-refractivity contribution in [2.75, 3.05) is 0 Å². The van der Waals surface area contributed by atoms with Crippen LogP contribution in [0.3, 0.4) is 0 Å². The number of para-hydroxylation sites is 1. The van der Waals surface area contributed by atoms with E-state index in [-0.39, 0.29) is 17.5 Å². The Morgan fingerprint density at radius 2 is 1.85 bits per heavy atom. The van der Waals surface area contributed by atoms with Crippen molar-refractivity contribution in [2.24, 2.45) is 4.99 Å². The highest BCUT2D eigenvalue weighted by Gasteiger charge is 2.24. The topological polar surface area (TPSA) is 60.7 Å². The van der Waals surface area contributed by atoms with Crippen LogP contribution < -0.4 is 0 Å². The van der Waals surface area contributed by atoms with E-state index in [0.29, 0.717) is 0 Å². The first kappa shape index (κ1) is 16.0.